The first-order chi connectivity index (χ1) is 18.2. The van der Waals surface area contributed by atoms with Crippen molar-refractivity contribution in [3.05, 3.63) is 58.7 Å². The van der Waals surface area contributed by atoms with Gasteiger partial charge in [-0.3, -0.25) is 4.79 Å². The highest BCUT2D eigenvalue weighted by atomic mass is 35.5. The molecule has 39 heavy (non-hydrogen) atoms. The number of fused-ring (bicyclic) bond motifs is 1. The molecular weight excluding hydrogens is 536 g/mol. The van der Waals surface area contributed by atoms with Gasteiger partial charge in [0.15, 0.2) is 0 Å². The van der Waals surface area contributed by atoms with Crippen molar-refractivity contribution in [1.29, 1.82) is 0 Å². The summed E-state index contributed by atoms with van der Waals surface area (Å²) in [6, 6.07) is 13.1. The minimum atomic E-state index is -0.933. The Kier molecular flexibility index (Phi) is 8.47. The Morgan fingerprint density at radius 1 is 1.13 bits per heavy atom. The quantitative estimate of drug-likeness (QED) is 0.229. The standard InChI is InChI=1S/C30H37ClN2O5S/c1-29(2,3)39-26-21-16-20(12-13-22(21)32-23(26)17-30(4,5)27(34)35)38-25(15-18-8-10-19(31)11-9-18)24-7-6-14-33(24)28(36)37/h8-13,16,24-25,32H,6-7,14-15,17H2,1-5H3,(H,34,35)(H,36,37). The number of aromatic amines is 1. The molecule has 1 saturated heterocycles. The maximum absolute atomic E-state index is 12.0. The van der Waals surface area contributed by atoms with Crippen molar-refractivity contribution in [3.63, 3.8) is 0 Å². The fraction of sp³-hybridized carbons (Fsp3) is 0.467. The number of likely N-dealkylation sites (tertiary alicyclic amines) is 1. The SMILES string of the molecule is CC(C)(C)Sc1c(CC(C)(C)C(=O)O)[nH]c2ccc(OC(Cc3ccc(Cl)cc3)C3CCCN3C(=O)O)cc12. The Morgan fingerprint density at radius 2 is 1.82 bits per heavy atom. The number of benzene rings is 2. The summed E-state index contributed by atoms with van der Waals surface area (Å²) < 4.78 is 6.50. The first kappa shape index (κ1) is 29.2. The van der Waals surface area contributed by atoms with Gasteiger partial charge < -0.3 is 24.8 Å². The highest BCUT2D eigenvalue weighted by molar-refractivity contribution is 8.00. The highest BCUT2D eigenvalue weighted by Gasteiger charge is 2.36. The molecule has 0 saturated carbocycles. The zero-order valence-corrected chi connectivity index (χ0v) is 24.7. The number of carboxylic acids is 1. The summed E-state index contributed by atoms with van der Waals surface area (Å²) in [7, 11) is 0. The number of aromatic nitrogens is 1. The second-order valence-corrected chi connectivity index (χ2v) is 14.2. The van der Waals surface area contributed by atoms with Crippen LogP contribution < -0.4 is 4.74 Å². The van der Waals surface area contributed by atoms with Gasteiger partial charge >= 0.3 is 12.1 Å². The summed E-state index contributed by atoms with van der Waals surface area (Å²) >= 11 is 7.79. The molecule has 2 unspecified atom stereocenters. The minimum absolute atomic E-state index is 0.100. The number of carbonyl (C=O) groups is 2. The van der Waals surface area contributed by atoms with Crippen molar-refractivity contribution in [3.8, 4) is 5.75 Å². The van der Waals surface area contributed by atoms with Gasteiger partial charge in [-0.15, -0.1) is 11.8 Å². The van der Waals surface area contributed by atoms with E-state index < -0.39 is 17.5 Å². The summed E-state index contributed by atoms with van der Waals surface area (Å²) in [5.74, 6) is -0.195. The summed E-state index contributed by atoms with van der Waals surface area (Å²) in [5.41, 5.74) is 1.89. The second-order valence-electron chi connectivity index (χ2n) is 11.9. The number of aliphatic carboxylic acids is 1. The number of halogens is 1. The first-order valence-electron chi connectivity index (χ1n) is 13.2. The summed E-state index contributed by atoms with van der Waals surface area (Å²) in [4.78, 5) is 29.8. The van der Waals surface area contributed by atoms with Crippen molar-refractivity contribution in [1.82, 2.24) is 9.88 Å². The number of nitrogens with one attached hydrogen (secondary N) is 1. The summed E-state index contributed by atoms with van der Waals surface area (Å²) in [6.45, 7) is 10.4. The predicted molar refractivity (Wildman–Crippen MR) is 156 cm³/mol. The van der Waals surface area contributed by atoms with Gasteiger partial charge in [0.2, 0.25) is 0 Å². The molecule has 3 N–H and O–H groups in total. The van der Waals surface area contributed by atoms with Gasteiger partial charge in [-0.25, -0.2) is 4.79 Å². The molecule has 0 aliphatic carbocycles. The number of hydrogen-bond acceptors (Lipinski definition) is 4. The van der Waals surface area contributed by atoms with Crippen LogP contribution in [0.1, 0.15) is 58.7 Å². The number of amides is 1. The van der Waals surface area contributed by atoms with Crippen LogP contribution in [0.3, 0.4) is 0 Å². The molecule has 1 aliphatic rings. The maximum Gasteiger partial charge on any atom is 0.407 e. The van der Waals surface area contributed by atoms with Gasteiger partial charge in [-0.2, -0.15) is 0 Å². The number of nitrogens with zero attached hydrogens (tertiary/aromatic N) is 1. The molecule has 3 aromatic rings. The summed E-state index contributed by atoms with van der Waals surface area (Å²) in [5, 5.41) is 21.2. The molecule has 0 spiro atoms. The van der Waals surface area contributed by atoms with E-state index in [0.29, 0.717) is 30.2 Å². The van der Waals surface area contributed by atoms with Crippen LogP contribution in [-0.2, 0) is 17.6 Å². The van der Waals surface area contributed by atoms with Gasteiger partial charge in [0.05, 0.1) is 11.5 Å². The van der Waals surface area contributed by atoms with E-state index >= 15 is 0 Å². The average molecular weight is 573 g/mol. The number of carboxylic acid groups (broad SMARTS) is 2. The van der Waals surface area contributed by atoms with E-state index in [1.807, 2.05) is 42.5 Å². The van der Waals surface area contributed by atoms with Crippen LogP contribution in [0, 0.1) is 5.41 Å². The lowest BCUT2D eigenvalue weighted by Gasteiger charge is -2.30. The highest BCUT2D eigenvalue weighted by Crippen LogP contribution is 2.42. The fourth-order valence-corrected chi connectivity index (χ4v) is 6.30. The van der Waals surface area contributed by atoms with Gasteiger partial charge in [0.1, 0.15) is 11.9 Å². The van der Waals surface area contributed by atoms with E-state index in [1.54, 1.807) is 25.6 Å². The lowest BCUT2D eigenvalue weighted by Crippen LogP contribution is -2.45. The molecule has 0 radical (unpaired) electrons. The monoisotopic (exact) mass is 572 g/mol. The third-order valence-corrected chi connectivity index (χ3v) is 8.55. The number of thioether (sulfide) groups is 1. The van der Waals surface area contributed by atoms with Gasteiger partial charge in [0.25, 0.3) is 0 Å². The van der Waals surface area contributed by atoms with Crippen molar-refractivity contribution in [2.75, 3.05) is 6.54 Å². The number of H-pyrrole nitrogens is 1. The maximum atomic E-state index is 12.0. The second kappa shape index (κ2) is 11.3. The molecule has 1 amide bonds. The van der Waals surface area contributed by atoms with Gasteiger partial charge in [-0.05, 0) is 62.6 Å². The molecule has 1 aromatic heterocycles. The molecule has 210 valence electrons. The molecule has 4 rings (SSSR count). The molecule has 7 nitrogen and oxygen atoms in total. The number of hydrogen-bond donors (Lipinski definition) is 3. The number of rotatable bonds is 9. The van der Waals surface area contributed by atoms with Crippen LogP contribution >= 0.6 is 23.4 Å². The smallest absolute Gasteiger partial charge is 0.407 e. The average Bonchev–Trinajstić information content (AvgIpc) is 3.44. The molecule has 2 atom stereocenters. The topological polar surface area (TPSA) is 103 Å². The molecule has 2 heterocycles. The summed E-state index contributed by atoms with van der Waals surface area (Å²) in [6.07, 6.45) is 1.11. The molecule has 9 heteroatoms. The third-order valence-electron chi connectivity index (χ3n) is 7.01. The van der Waals surface area contributed by atoms with Crippen LogP contribution in [0.5, 0.6) is 5.75 Å². The van der Waals surface area contributed by atoms with Crippen LogP contribution in [0.4, 0.5) is 4.79 Å². The van der Waals surface area contributed by atoms with Crippen LogP contribution in [0.2, 0.25) is 5.02 Å². The molecular formula is C30H37ClN2O5S. The van der Waals surface area contributed by atoms with Crippen molar-refractivity contribution in [2.45, 2.75) is 82.1 Å². The Morgan fingerprint density at radius 3 is 2.44 bits per heavy atom. The Hall–Kier alpha value is -2.84. The largest absolute Gasteiger partial charge is 0.488 e. The Bertz CT molecular complexity index is 1350. The lowest BCUT2D eigenvalue weighted by molar-refractivity contribution is -0.146. The molecule has 1 aliphatic heterocycles. The van der Waals surface area contributed by atoms with Crippen molar-refractivity contribution >= 4 is 46.3 Å². The van der Waals surface area contributed by atoms with E-state index in [4.69, 9.17) is 16.3 Å². The van der Waals surface area contributed by atoms with Gasteiger partial charge in [0, 0.05) is 50.6 Å². The third kappa shape index (κ3) is 7.03. The molecule has 1 fully saturated rings. The van der Waals surface area contributed by atoms with E-state index in [1.165, 1.54) is 4.90 Å². The predicted octanol–water partition coefficient (Wildman–Crippen LogP) is 7.50. The minimum Gasteiger partial charge on any atom is -0.488 e. The molecule has 0 bridgehead atoms. The van der Waals surface area contributed by atoms with E-state index in [2.05, 4.69) is 25.8 Å². The zero-order chi connectivity index (χ0) is 28.5. The van der Waals surface area contributed by atoms with Gasteiger partial charge in [-0.1, -0.05) is 44.5 Å². The van der Waals surface area contributed by atoms with E-state index in [0.717, 1.165) is 39.9 Å². The lowest BCUT2D eigenvalue weighted by atomic mass is 9.88. The van der Waals surface area contributed by atoms with Crippen LogP contribution in [-0.4, -0.2) is 55.6 Å². The van der Waals surface area contributed by atoms with Crippen LogP contribution in [0.25, 0.3) is 10.9 Å². The first-order valence-corrected chi connectivity index (χ1v) is 14.4. The van der Waals surface area contributed by atoms with E-state index in [9.17, 15) is 19.8 Å². The van der Waals surface area contributed by atoms with Crippen molar-refractivity contribution in [2.24, 2.45) is 5.41 Å². The normalized spacial score (nSPS) is 17.0. The zero-order valence-electron chi connectivity index (χ0n) is 23.1. The Labute approximate surface area is 238 Å². The fourth-order valence-electron chi connectivity index (χ4n) is 5.04. The molecule has 2 aromatic carbocycles. The Balaban J connectivity index is 1.72. The van der Waals surface area contributed by atoms with E-state index in [-0.39, 0.29) is 16.9 Å². The van der Waals surface area contributed by atoms with Crippen molar-refractivity contribution < 1.29 is 24.5 Å². The number of ether oxygens (including phenoxy) is 1. The van der Waals surface area contributed by atoms with Crippen LogP contribution in [0.15, 0.2) is 47.4 Å².